The van der Waals surface area contributed by atoms with Crippen LogP contribution in [0.1, 0.15) is 4.88 Å². The number of anilines is 1. The summed E-state index contributed by atoms with van der Waals surface area (Å²) >= 11 is 1.59. The van der Waals surface area contributed by atoms with E-state index in [4.69, 9.17) is 0 Å². The molecule has 0 aliphatic heterocycles. The van der Waals surface area contributed by atoms with Crippen LogP contribution in [0, 0.1) is 0 Å². The predicted octanol–water partition coefficient (Wildman–Crippen LogP) is 4.47. The third kappa shape index (κ3) is 4.68. The van der Waals surface area contributed by atoms with Crippen molar-refractivity contribution in [1.82, 2.24) is 0 Å². The molecule has 0 atom stereocenters. The van der Waals surface area contributed by atoms with E-state index >= 15 is 0 Å². The fraction of sp³-hybridized carbons (Fsp3) is 0.0500. The quantitative estimate of drug-likeness (QED) is 0.661. The molecule has 2 aromatic carbocycles. The lowest BCUT2D eigenvalue weighted by atomic mass is 10.2. The van der Waals surface area contributed by atoms with Crippen molar-refractivity contribution in [1.29, 1.82) is 0 Å². The van der Waals surface area contributed by atoms with Crippen LogP contribution in [-0.4, -0.2) is 20.6 Å². The molecule has 0 bridgehead atoms. The number of hydrogen-bond donors (Lipinski definition) is 1. The van der Waals surface area contributed by atoms with Gasteiger partial charge >= 0.3 is 0 Å². The van der Waals surface area contributed by atoms with Crippen molar-refractivity contribution in [3.8, 4) is 10.4 Å². The summed E-state index contributed by atoms with van der Waals surface area (Å²) in [7, 11) is -3.31. The van der Waals surface area contributed by atoms with Gasteiger partial charge in [-0.1, -0.05) is 36.4 Å². The third-order valence-electron chi connectivity index (χ3n) is 3.61. The maximum absolute atomic E-state index is 12.1. The van der Waals surface area contributed by atoms with E-state index in [1.165, 1.54) is 18.2 Å². The van der Waals surface area contributed by atoms with E-state index in [1.54, 1.807) is 29.5 Å². The molecule has 1 aromatic heterocycles. The van der Waals surface area contributed by atoms with Crippen LogP contribution in [0.2, 0.25) is 0 Å². The molecular weight excluding hydrogens is 366 g/mol. The summed E-state index contributed by atoms with van der Waals surface area (Å²) in [5.74, 6) is -0.315. The molecule has 3 rings (SSSR count). The topological polar surface area (TPSA) is 63.2 Å². The molecule has 0 saturated carbocycles. The molecule has 0 fully saturated rings. The average molecular weight is 383 g/mol. The van der Waals surface area contributed by atoms with Crippen molar-refractivity contribution in [2.45, 2.75) is 4.90 Å². The first kappa shape index (κ1) is 18.1. The maximum Gasteiger partial charge on any atom is 0.248 e. The highest BCUT2D eigenvalue weighted by molar-refractivity contribution is 7.90. The number of carbonyl (C=O) groups is 1. The highest BCUT2D eigenvalue weighted by Crippen LogP contribution is 2.28. The zero-order valence-corrected chi connectivity index (χ0v) is 15.7. The van der Waals surface area contributed by atoms with Gasteiger partial charge in [0.15, 0.2) is 9.84 Å². The van der Waals surface area contributed by atoms with Crippen LogP contribution in [0.5, 0.6) is 0 Å². The standard InChI is InChI=1S/C20H17NO3S2/c1-26(23,24)18-9-5-8-16(14-18)21-20(22)13-11-17-10-12-19(25-17)15-6-3-2-4-7-15/h2-14H,1H3,(H,21,22). The molecule has 3 aromatic rings. The summed E-state index contributed by atoms with van der Waals surface area (Å²) in [6.45, 7) is 0. The molecule has 0 unspecified atom stereocenters. The van der Waals surface area contributed by atoms with Crippen LogP contribution >= 0.6 is 11.3 Å². The van der Waals surface area contributed by atoms with Gasteiger partial charge in [-0.2, -0.15) is 0 Å². The second kappa shape index (κ2) is 7.68. The molecule has 26 heavy (non-hydrogen) atoms. The lowest BCUT2D eigenvalue weighted by Crippen LogP contribution is -2.08. The van der Waals surface area contributed by atoms with Crippen LogP contribution in [0.3, 0.4) is 0 Å². The van der Waals surface area contributed by atoms with Gasteiger partial charge in [-0.25, -0.2) is 8.42 Å². The molecule has 132 valence electrons. The van der Waals surface area contributed by atoms with Gasteiger partial charge in [-0.3, -0.25) is 4.79 Å². The second-order valence-corrected chi connectivity index (χ2v) is 8.82. The Morgan fingerprint density at radius 1 is 1.00 bits per heavy atom. The molecular formula is C20H17NO3S2. The molecule has 1 amide bonds. The van der Waals surface area contributed by atoms with Gasteiger partial charge in [0.2, 0.25) is 5.91 Å². The average Bonchev–Trinajstić information content (AvgIpc) is 3.09. The molecule has 1 N–H and O–H groups in total. The molecule has 0 spiro atoms. The van der Waals surface area contributed by atoms with E-state index in [9.17, 15) is 13.2 Å². The summed E-state index contributed by atoms with van der Waals surface area (Å²) < 4.78 is 23.2. The fourth-order valence-electron chi connectivity index (χ4n) is 2.35. The summed E-state index contributed by atoms with van der Waals surface area (Å²) in [5, 5.41) is 2.68. The number of hydrogen-bond acceptors (Lipinski definition) is 4. The van der Waals surface area contributed by atoms with Gasteiger partial charge in [-0.15, -0.1) is 11.3 Å². The lowest BCUT2D eigenvalue weighted by molar-refractivity contribution is -0.111. The van der Waals surface area contributed by atoms with Crippen molar-refractivity contribution >= 4 is 38.8 Å². The Kier molecular flexibility index (Phi) is 5.35. The Bertz CT molecular complexity index is 1050. The highest BCUT2D eigenvalue weighted by atomic mass is 32.2. The first-order chi connectivity index (χ1) is 12.4. The minimum Gasteiger partial charge on any atom is -0.322 e. The number of carbonyl (C=O) groups excluding carboxylic acids is 1. The van der Waals surface area contributed by atoms with Gasteiger partial charge in [0, 0.05) is 27.8 Å². The van der Waals surface area contributed by atoms with Crippen molar-refractivity contribution < 1.29 is 13.2 Å². The second-order valence-electron chi connectivity index (χ2n) is 5.69. The molecule has 0 radical (unpaired) electrons. The third-order valence-corrected chi connectivity index (χ3v) is 5.82. The zero-order valence-electron chi connectivity index (χ0n) is 14.0. The largest absolute Gasteiger partial charge is 0.322 e. The lowest BCUT2D eigenvalue weighted by Gasteiger charge is -2.04. The first-order valence-electron chi connectivity index (χ1n) is 7.86. The van der Waals surface area contributed by atoms with Gasteiger partial charge in [0.25, 0.3) is 0 Å². The molecule has 0 aliphatic rings. The SMILES string of the molecule is CS(=O)(=O)c1cccc(NC(=O)C=Cc2ccc(-c3ccccc3)s2)c1. The van der Waals surface area contributed by atoms with E-state index in [2.05, 4.69) is 5.32 Å². The van der Waals surface area contributed by atoms with E-state index in [0.29, 0.717) is 5.69 Å². The number of rotatable bonds is 5. The first-order valence-corrected chi connectivity index (χ1v) is 10.6. The molecule has 0 saturated heterocycles. The van der Waals surface area contributed by atoms with Gasteiger partial charge < -0.3 is 5.32 Å². The van der Waals surface area contributed by atoms with Crippen LogP contribution < -0.4 is 5.32 Å². The Morgan fingerprint density at radius 2 is 1.77 bits per heavy atom. The number of thiophene rings is 1. The molecule has 4 nitrogen and oxygen atoms in total. The van der Waals surface area contributed by atoms with Crippen LogP contribution in [-0.2, 0) is 14.6 Å². The van der Waals surface area contributed by atoms with Crippen molar-refractivity contribution in [3.05, 3.63) is 77.7 Å². The Balaban J connectivity index is 1.68. The molecule has 0 aliphatic carbocycles. The van der Waals surface area contributed by atoms with Crippen LogP contribution in [0.4, 0.5) is 5.69 Å². The number of amides is 1. The van der Waals surface area contributed by atoms with Gasteiger partial charge in [0.05, 0.1) is 4.90 Å². The van der Waals surface area contributed by atoms with Crippen LogP contribution in [0.25, 0.3) is 16.5 Å². The highest BCUT2D eigenvalue weighted by Gasteiger charge is 2.08. The van der Waals surface area contributed by atoms with E-state index < -0.39 is 9.84 Å². The summed E-state index contributed by atoms with van der Waals surface area (Å²) in [6.07, 6.45) is 4.32. The normalized spacial score (nSPS) is 11.6. The summed E-state index contributed by atoms with van der Waals surface area (Å²) in [6, 6.07) is 20.2. The number of nitrogens with one attached hydrogen (secondary N) is 1. The zero-order chi connectivity index (χ0) is 18.6. The maximum atomic E-state index is 12.1. The summed E-state index contributed by atoms with van der Waals surface area (Å²) in [5.41, 5.74) is 1.58. The Morgan fingerprint density at radius 3 is 2.50 bits per heavy atom. The minimum absolute atomic E-state index is 0.171. The molecule has 6 heteroatoms. The van der Waals surface area contributed by atoms with Crippen molar-refractivity contribution in [2.24, 2.45) is 0 Å². The molecule has 1 heterocycles. The monoisotopic (exact) mass is 383 g/mol. The van der Waals surface area contributed by atoms with Crippen molar-refractivity contribution in [2.75, 3.05) is 11.6 Å². The Hall–Kier alpha value is -2.70. The van der Waals surface area contributed by atoms with Gasteiger partial charge in [0.1, 0.15) is 0 Å². The number of sulfone groups is 1. The van der Waals surface area contributed by atoms with Gasteiger partial charge in [-0.05, 0) is 42.0 Å². The summed E-state index contributed by atoms with van der Waals surface area (Å²) in [4.78, 5) is 14.3. The minimum atomic E-state index is -3.31. The van der Waals surface area contributed by atoms with E-state index in [1.807, 2.05) is 42.5 Å². The fourth-order valence-corrected chi connectivity index (χ4v) is 3.93. The number of benzene rings is 2. The van der Waals surface area contributed by atoms with Crippen molar-refractivity contribution in [3.63, 3.8) is 0 Å². The smallest absolute Gasteiger partial charge is 0.248 e. The van der Waals surface area contributed by atoms with Crippen LogP contribution in [0.15, 0.2) is 77.7 Å². The van der Waals surface area contributed by atoms with E-state index in [0.717, 1.165) is 21.6 Å². The predicted molar refractivity (Wildman–Crippen MR) is 107 cm³/mol. The Labute approximate surface area is 156 Å². The van der Waals surface area contributed by atoms with E-state index in [-0.39, 0.29) is 10.8 Å².